The van der Waals surface area contributed by atoms with Gasteiger partial charge in [-0.15, -0.1) is 0 Å². The highest BCUT2D eigenvalue weighted by Crippen LogP contribution is 2.26. The summed E-state index contributed by atoms with van der Waals surface area (Å²) in [6.45, 7) is 0.0527. The third kappa shape index (κ3) is 5.11. The molecule has 0 aliphatic carbocycles. The second kappa shape index (κ2) is 10.5. The Bertz CT molecular complexity index is 1650. The first-order valence-electron chi connectivity index (χ1n) is 11.8. The summed E-state index contributed by atoms with van der Waals surface area (Å²) in [6, 6.07) is 28.8. The van der Waals surface area contributed by atoms with Crippen LogP contribution in [0.3, 0.4) is 0 Å². The molecule has 0 aliphatic rings. The Hall–Kier alpha value is -4.78. The van der Waals surface area contributed by atoms with Crippen molar-refractivity contribution in [1.29, 1.82) is 0 Å². The van der Waals surface area contributed by atoms with Gasteiger partial charge in [-0.3, -0.25) is 4.79 Å². The van der Waals surface area contributed by atoms with Crippen LogP contribution in [0.4, 0.5) is 10.1 Å². The van der Waals surface area contributed by atoms with E-state index in [9.17, 15) is 9.18 Å². The number of halogens is 1. The molecule has 5 aromatic rings. The lowest BCUT2D eigenvalue weighted by atomic mass is 10.1. The van der Waals surface area contributed by atoms with Crippen molar-refractivity contribution in [3.8, 4) is 17.1 Å². The first-order chi connectivity index (χ1) is 18.0. The molecule has 0 bridgehead atoms. The van der Waals surface area contributed by atoms with E-state index < -0.39 is 0 Å². The summed E-state index contributed by atoms with van der Waals surface area (Å²) in [7, 11) is 3.85. The molecule has 1 aromatic heterocycles. The van der Waals surface area contributed by atoms with Crippen LogP contribution in [0.1, 0.15) is 11.1 Å². The molecule has 0 saturated carbocycles. The zero-order chi connectivity index (χ0) is 25.8. The molecular weight excluding hydrogens is 467 g/mol. The second-order valence-electron chi connectivity index (χ2n) is 8.68. The van der Waals surface area contributed by atoms with E-state index in [2.05, 4.69) is 5.10 Å². The van der Waals surface area contributed by atoms with Crippen molar-refractivity contribution in [3.63, 3.8) is 0 Å². The monoisotopic (exact) mass is 492 g/mol. The molecular formula is C30H25FN4O2. The Labute approximate surface area is 213 Å². The summed E-state index contributed by atoms with van der Waals surface area (Å²) < 4.78 is 21.5. The zero-order valence-electron chi connectivity index (χ0n) is 20.5. The summed E-state index contributed by atoms with van der Waals surface area (Å²) >= 11 is 0. The van der Waals surface area contributed by atoms with Gasteiger partial charge in [-0.2, -0.15) is 9.78 Å². The third-order valence-corrected chi connectivity index (χ3v) is 5.95. The zero-order valence-corrected chi connectivity index (χ0v) is 20.5. The van der Waals surface area contributed by atoms with Gasteiger partial charge in [0.15, 0.2) is 5.82 Å². The topological polar surface area (TPSA) is 59.7 Å². The van der Waals surface area contributed by atoms with Gasteiger partial charge in [0.1, 0.15) is 18.2 Å². The molecule has 0 atom stereocenters. The SMILES string of the molecule is CN(C)c1ccc(C=Nn2c(-c3ccccc3)nc3ccccc3c2=O)c(OCc2ccccc2F)c1. The largest absolute Gasteiger partial charge is 0.488 e. The molecule has 4 aromatic carbocycles. The minimum atomic E-state index is -0.331. The van der Waals surface area contributed by atoms with Crippen LogP contribution in [0.15, 0.2) is 107 Å². The van der Waals surface area contributed by atoms with Crippen LogP contribution < -0.4 is 15.2 Å². The lowest BCUT2D eigenvalue weighted by Crippen LogP contribution is -2.20. The number of fused-ring (bicyclic) bond motifs is 1. The van der Waals surface area contributed by atoms with Crippen molar-refractivity contribution in [1.82, 2.24) is 9.66 Å². The molecule has 5 rings (SSSR count). The van der Waals surface area contributed by atoms with Crippen LogP contribution in [0.25, 0.3) is 22.3 Å². The van der Waals surface area contributed by atoms with Gasteiger partial charge in [0.25, 0.3) is 5.56 Å². The van der Waals surface area contributed by atoms with Gasteiger partial charge >= 0.3 is 0 Å². The molecule has 0 radical (unpaired) electrons. The van der Waals surface area contributed by atoms with Gasteiger partial charge in [-0.25, -0.2) is 9.37 Å². The number of hydrogen-bond acceptors (Lipinski definition) is 5. The molecule has 1 heterocycles. The quantitative estimate of drug-likeness (QED) is 0.272. The Kier molecular flexibility index (Phi) is 6.76. The highest BCUT2D eigenvalue weighted by atomic mass is 19.1. The maximum Gasteiger partial charge on any atom is 0.282 e. The fraction of sp³-hybridized carbons (Fsp3) is 0.100. The summed E-state index contributed by atoms with van der Waals surface area (Å²) in [6.07, 6.45) is 1.57. The minimum absolute atomic E-state index is 0.0527. The van der Waals surface area contributed by atoms with E-state index in [-0.39, 0.29) is 18.0 Å². The van der Waals surface area contributed by atoms with Crippen molar-refractivity contribution in [3.05, 3.63) is 124 Å². The molecule has 0 aliphatic heterocycles. The van der Waals surface area contributed by atoms with Crippen LogP contribution >= 0.6 is 0 Å². The predicted molar refractivity (Wildman–Crippen MR) is 146 cm³/mol. The van der Waals surface area contributed by atoms with E-state index >= 15 is 0 Å². The lowest BCUT2D eigenvalue weighted by Gasteiger charge is -2.16. The lowest BCUT2D eigenvalue weighted by molar-refractivity contribution is 0.299. The second-order valence-corrected chi connectivity index (χ2v) is 8.68. The van der Waals surface area contributed by atoms with Crippen LogP contribution in [-0.2, 0) is 6.61 Å². The number of benzene rings is 4. The summed E-state index contributed by atoms with van der Waals surface area (Å²) in [5, 5.41) is 5.03. The maximum absolute atomic E-state index is 14.2. The van der Waals surface area contributed by atoms with Gasteiger partial charge in [-0.1, -0.05) is 60.7 Å². The Balaban J connectivity index is 1.59. The first-order valence-corrected chi connectivity index (χ1v) is 11.8. The Morgan fingerprint density at radius 1 is 0.946 bits per heavy atom. The van der Waals surface area contributed by atoms with Crippen molar-refractivity contribution in [2.24, 2.45) is 5.10 Å². The number of para-hydroxylation sites is 1. The first kappa shape index (κ1) is 23.9. The van der Waals surface area contributed by atoms with Crippen LogP contribution in [-0.4, -0.2) is 30.0 Å². The van der Waals surface area contributed by atoms with Gasteiger partial charge in [0.05, 0.1) is 17.1 Å². The minimum Gasteiger partial charge on any atom is -0.488 e. The number of nitrogens with zero attached hydrogens (tertiary/aromatic N) is 4. The summed E-state index contributed by atoms with van der Waals surface area (Å²) in [5.41, 5.74) is 3.08. The van der Waals surface area contributed by atoms with E-state index in [0.717, 1.165) is 11.3 Å². The van der Waals surface area contributed by atoms with Crippen LogP contribution in [0.5, 0.6) is 5.75 Å². The van der Waals surface area contributed by atoms with Gasteiger partial charge in [-0.05, 0) is 30.3 Å². The van der Waals surface area contributed by atoms with E-state index in [4.69, 9.17) is 9.72 Å². The molecule has 7 heteroatoms. The normalized spacial score (nSPS) is 11.2. The molecule has 0 unspecified atom stereocenters. The van der Waals surface area contributed by atoms with E-state index in [1.807, 2.05) is 79.7 Å². The smallest absolute Gasteiger partial charge is 0.282 e. The third-order valence-electron chi connectivity index (χ3n) is 5.95. The van der Waals surface area contributed by atoms with Gasteiger partial charge in [0.2, 0.25) is 0 Å². The maximum atomic E-state index is 14.2. The molecule has 0 saturated heterocycles. The Morgan fingerprint density at radius 2 is 1.68 bits per heavy atom. The molecule has 0 spiro atoms. The number of hydrogen-bond donors (Lipinski definition) is 0. The molecule has 6 nitrogen and oxygen atoms in total. The molecule has 0 N–H and O–H groups in total. The van der Waals surface area contributed by atoms with Gasteiger partial charge < -0.3 is 9.64 Å². The van der Waals surface area contributed by atoms with Crippen molar-refractivity contribution < 1.29 is 9.13 Å². The van der Waals surface area contributed by atoms with Gasteiger partial charge in [0, 0.05) is 42.5 Å². The summed E-state index contributed by atoms with van der Waals surface area (Å²) in [4.78, 5) is 20.1. The number of anilines is 1. The predicted octanol–water partition coefficient (Wildman–Crippen LogP) is 5.73. The van der Waals surface area contributed by atoms with E-state index in [1.54, 1.807) is 36.5 Å². The van der Waals surface area contributed by atoms with Crippen molar-refractivity contribution in [2.75, 3.05) is 19.0 Å². The van der Waals surface area contributed by atoms with Crippen molar-refractivity contribution >= 4 is 22.8 Å². The molecule has 0 fully saturated rings. The molecule has 0 amide bonds. The highest BCUT2D eigenvalue weighted by molar-refractivity contribution is 5.85. The number of ether oxygens (including phenoxy) is 1. The highest BCUT2D eigenvalue weighted by Gasteiger charge is 2.13. The van der Waals surface area contributed by atoms with E-state index in [1.165, 1.54) is 10.7 Å². The standard InChI is InChI=1S/C30H25FN4O2/c1-34(2)24-17-16-22(28(18-24)37-20-23-12-6-8-14-26(23)31)19-32-35-29(21-10-4-3-5-11-21)33-27-15-9-7-13-25(27)30(35)36/h3-19H,20H2,1-2H3. The fourth-order valence-corrected chi connectivity index (χ4v) is 3.93. The molecule has 184 valence electrons. The number of rotatable bonds is 7. The fourth-order valence-electron chi connectivity index (χ4n) is 3.93. The number of aromatic nitrogens is 2. The Morgan fingerprint density at radius 3 is 2.46 bits per heavy atom. The van der Waals surface area contributed by atoms with E-state index in [0.29, 0.717) is 33.6 Å². The van der Waals surface area contributed by atoms with Crippen LogP contribution in [0.2, 0.25) is 0 Å². The summed E-state index contributed by atoms with van der Waals surface area (Å²) in [5.74, 6) is 0.614. The van der Waals surface area contributed by atoms with Crippen molar-refractivity contribution in [2.45, 2.75) is 6.61 Å². The van der Waals surface area contributed by atoms with Crippen LogP contribution in [0, 0.1) is 5.82 Å². The molecule has 37 heavy (non-hydrogen) atoms. The average Bonchev–Trinajstić information content (AvgIpc) is 2.92. The average molecular weight is 493 g/mol.